The fourth-order valence-corrected chi connectivity index (χ4v) is 4.77. The Balaban J connectivity index is 1.57. The van der Waals surface area contributed by atoms with E-state index in [1.54, 1.807) is 41.7 Å². The van der Waals surface area contributed by atoms with E-state index in [1.807, 2.05) is 0 Å². The van der Waals surface area contributed by atoms with E-state index in [0.29, 0.717) is 28.9 Å². The van der Waals surface area contributed by atoms with E-state index in [0.717, 1.165) is 11.3 Å². The normalized spacial score (nSPS) is 14.2. The van der Waals surface area contributed by atoms with Gasteiger partial charge in [-0.1, -0.05) is 12.1 Å². The Hall–Kier alpha value is -3.17. The highest BCUT2D eigenvalue weighted by Gasteiger charge is 2.28. The van der Waals surface area contributed by atoms with Crippen LogP contribution in [0.5, 0.6) is 0 Å². The number of nitrogens with one attached hydrogen (secondary N) is 1. The van der Waals surface area contributed by atoms with Gasteiger partial charge in [0.15, 0.2) is 11.6 Å². The van der Waals surface area contributed by atoms with Crippen LogP contribution in [0.1, 0.15) is 20.9 Å². The zero-order chi connectivity index (χ0) is 22.8. The third-order valence-corrected chi connectivity index (χ3v) is 6.33. The quantitative estimate of drug-likeness (QED) is 0.596. The van der Waals surface area contributed by atoms with Crippen molar-refractivity contribution in [2.75, 3.05) is 25.0 Å². The van der Waals surface area contributed by atoms with Crippen LogP contribution in [-0.4, -0.2) is 42.9 Å². The van der Waals surface area contributed by atoms with Gasteiger partial charge in [0, 0.05) is 42.3 Å². The molecule has 1 aliphatic heterocycles. The molecule has 166 valence electrons. The molecule has 0 bridgehead atoms. The number of ketones is 1. The predicted octanol–water partition coefficient (Wildman–Crippen LogP) is 2.95. The molecule has 0 radical (unpaired) electrons. The van der Waals surface area contributed by atoms with E-state index in [2.05, 4.69) is 10.3 Å². The number of amides is 1. The summed E-state index contributed by atoms with van der Waals surface area (Å²) in [6, 6.07) is 7.27. The summed E-state index contributed by atoms with van der Waals surface area (Å²) in [5.41, 5.74) is 8.64. The van der Waals surface area contributed by atoms with E-state index in [1.165, 1.54) is 12.1 Å². The average Bonchev–Trinajstić information content (AvgIpc) is 3.13. The number of hydrogen-bond donors (Lipinski definition) is 2. The first-order valence-electron chi connectivity index (χ1n) is 10.1. The molecule has 0 unspecified atom stereocenters. The van der Waals surface area contributed by atoms with Crippen molar-refractivity contribution in [2.45, 2.75) is 18.9 Å². The van der Waals surface area contributed by atoms with E-state index in [4.69, 9.17) is 5.73 Å². The lowest BCUT2D eigenvalue weighted by molar-refractivity contribution is -0.117. The summed E-state index contributed by atoms with van der Waals surface area (Å²) < 4.78 is 28.8. The molecule has 0 saturated heterocycles. The summed E-state index contributed by atoms with van der Waals surface area (Å²) in [6.07, 6.45) is 2.07. The molecule has 4 rings (SSSR count). The van der Waals surface area contributed by atoms with E-state index in [9.17, 15) is 14.0 Å². The molecule has 0 aliphatic carbocycles. The summed E-state index contributed by atoms with van der Waals surface area (Å²) in [4.78, 5) is 30.7. The van der Waals surface area contributed by atoms with Crippen molar-refractivity contribution in [1.29, 1.82) is 0 Å². The monoisotopic (exact) mass is 456 g/mol. The van der Waals surface area contributed by atoms with Crippen LogP contribution in [-0.2, 0) is 17.6 Å². The van der Waals surface area contributed by atoms with E-state index < -0.39 is 17.8 Å². The number of rotatable bonds is 6. The van der Waals surface area contributed by atoms with Crippen LogP contribution in [0.2, 0.25) is 0 Å². The van der Waals surface area contributed by atoms with Crippen LogP contribution in [0.15, 0.2) is 41.9 Å². The highest BCUT2D eigenvalue weighted by atomic mass is 32.1. The second-order valence-corrected chi connectivity index (χ2v) is 8.64. The van der Waals surface area contributed by atoms with Gasteiger partial charge in [0.2, 0.25) is 0 Å². The summed E-state index contributed by atoms with van der Waals surface area (Å²) in [5, 5.41) is 4.34. The van der Waals surface area contributed by atoms with Crippen molar-refractivity contribution in [2.24, 2.45) is 5.73 Å². The SMILES string of the molecule is CN1CC(=O)Cc2nccc(-c3csc(C(=O)N[C@H](CN)Cc4cccc(F)c4)c3F)c21. The Bertz CT molecular complexity index is 1180. The summed E-state index contributed by atoms with van der Waals surface area (Å²) in [6.45, 7) is 0.349. The lowest BCUT2D eigenvalue weighted by atomic mass is 9.99. The number of aromatic nitrogens is 1. The van der Waals surface area contributed by atoms with Gasteiger partial charge in [0.05, 0.1) is 24.3 Å². The molecule has 2 aromatic heterocycles. The number of likely N-dealkylation sites (N-methyl/N-ethyl adjacent to an activating group) is 1. The maximum atomic E-state index is 15.3. The molecule has 0 spiro atoms. The van der Waals surface area contributed by atoms with Crippen molar-refractivity contribution in [1.82, 2.24) is 10.3 Å². The topological polar surface area (TPSA) is 88.3 Å². The van der Waals surface area contributed by atoms with Crippen LogP contribution in [0.3, 0.4) is 0 Å². The molecule has 6 nitrogen and oxygen atoms in total. The van der Waals surface area contributed by atoms with Crippen LogP contribution in [0.4, 0.5) is 14.5 Å². The maximum Gasteiger partial charge on any atom is 0.264 e. The number of Topliss-reactive ketones (excluding diaryl/α,β-unsaturated/α-hetero) is 1. The Morgan fingerprint density at radius 3 is 2.88 bits per heavy atom. The van der Waals surface area contributed by atoms with Crippen molar-refractivity contribution in [3.63, 3.8) is 0 Å². The molecule has 1 aromatic carbocycles. The highest BCUT2D eigenvalue weighted by Crippen LogP contribution is 2.39. The molecule has 1 amide bonds. The second kappa shape index (κ2) is 9.13. The molecular formula is C23H22F2N4O2S. The number of carbonyl (C=O) groups excluding carboxylic acids is 2. The Kier molecular flexibility index (Phi) is 6.29. The molecule has 3 heterocycles. The third kappa shape index (κ3) is 4.39. The minimum atomic E-state index is -0.632. The van der Waals surface area contributed by atoms with Gasteiger partial charge in [-0.15, -0.1) is 11.3 Å². The van der Waals surface area contributed by atoms with Gasteiger partial charge < -0.3 is 16.0 Å². The molecular weight excluding hydrogens is 434 g/mol. The van der Waals surface area contributed by atoms with Crippen LogP contribution in [0.25, 0.3) is 11.1 Å². The number of nitrogens with two attached hydrogens (primary N) is 1. The maximum absolute atomic E-state index is 15.3. The highest BCUT2D eigenvalue weighted by molar-refractivity contribution is 7.12. The van der Waals surface area contributed by atoms with Gasteiger partial charge in [-0.25, -0.2) is 8.78 Å². The lowest BCUT2D eigenvalue weighted by Crippen LogP contribution is -2.41. The largest absolute Gasteiger partial charge is 0.365 e. The zero-order valence-electron chi connectivity index (χ0n) is 17.4. The summed E-state index contributed by atoms with van der Waals surface area (Å²) in [7, 11) is 1.76. The molecule has 1 aliphatic rings. The first-order chi connectivity index (χ1) is 15.4. The van der Waals surface area contributed by atoms with Gasteiger partial charge in [-0.2, -0.15) is 0 Å². The Labute approximate surface area is 188 Å². The van der Waals surface area contributed by atoms with Gasteiger partial charge in [-0.05, 0) is 30.2 Å². The Morgan fingerprint density at radius 1 is 1.31 bits per heavy atom. The van der Waals surface area contributed by atoms with Gasteiger partial charge in [-0.3, -0.25) is 14.6 Å². The number of nitrogens with zero attached hydrogens (tertiary/aromatic N) is 2. The zero-order valence-corrected chi connectivity index (χ0v) is 18.2. The number of thiophene rings is 1. The fourth-order valence-electron chi connectivity index (χ4n) is 3.93. The number of carbonyl (C=O) groups is 2. The van der Waals surface area contributed by atoms with Gasteiger partial charge in [0.25, 0.3) is 5.91 Å². The molecule has 3 N–H and O–H groups in total. The van der Waals surface area contributed by atoms with Crippen LogP contribution >= 0.6 is 11.3 Å². The average molecular weight is 457 g/mol. The molecule has 0 fully saturated rings. The number of halogens is 2. The smallest absolute Gasteiger partial charge is 0.264 e. The summed E-state index contributed by atoms with van der Waals surface area (Å²) >= 11 is 0.999. The van der Waals surface area contributed by atoms with Crippen molar-refractivity contribution >= 4 is 28.7 Å². The number of hydrogen-bond acceptors (Lipinski definition) is 6. The number of anilines is 1. The molecule has 32 heavy (non-hydrogen) atoms. The van der Waals surface area contributed by atoms with Gasteiger partial charge in [0.1, 0.15) is 10.7 Å². The first-order valence-corrected chi connectivity index (χ1v) is 11.0. The number of pyridine rings is 1. The number of benzene rings is 1. The first kappa shape index (κ1) is 22.0. The number of fused-ring (bicyclic) bond motifs is 1. The van der Waals surface area contributed by atoms with Crippen molar-refractivity contribution in [3.05, 3.63) is 69.7 Å². The van der Waals surface area contributed by atoms with Crippen LogP contribution < -0.4 is 16.0 Å². The lowest BCUT2D eigenvalue weighted by Gasteiger charge is -2.28. The van der Waals surface area contributed by atoms with E-state index >= 15 is 4.39 Å². The van der Waals surface area contributed by atoms with Crippen molar-refractivity contribution in [3.8, 4) is 11.1 Å². The fraction of sp³-hybridized carbons (Fsp3) is 0.261. The minimum Gasteiger partial charge on any atom is -0.365 e. The molecule has 1 atom stereocenters. The Morgan fingerprint density at radius 2 is 2.12 bits per heavy atom. The van der Waals surface area contributed by atoms with Gasteiger partial charge >= 0.3 is 0 Å². The summed E-state index contributed by atoms with van der Waals surface area (Å²) in [5.74, 6) is -1.53. The molecule has 3 aromatic rings. The van der Waals surface area contributed by atoms with Crippen molar-refractivity contribution < 1.29 is 18.4 Å². The standard InChI is InChI=1S/C23H22F2N4O2S/c1-29-11-16(30)9-19-21(29)17(5-6-27-19)18-12-32-22(20(18)25)23(31)28-15(10-26)8-13-3-2-4-14(24)7-13/h2-7,12,15H,8-11,26H2,1H3,(H,28,31)/t15-/m0/s1. The predicted molar refractivity (Wildman–Crippen MR) is 120 cm³/mol. The van der Waals surface area contributed by atoms with E-state index in [-0.39, 0.29) is 41.6 Å². The minimum absolute atomic E-state index is 0.0432. The third-order valence-electron chi connectivity index (χ3n) is 5.38. The molecule has 9 heteroatoms. The molecule has 0 saturated carbocycles. The van der Waals surface area contributed by atoms with Crippen LogP contribution in [0, 0.1) is 11.6 Å². The second-order valence-electron chi connectivity index (χ2n) is 7.76.